The predicted octanol–water partition coefficient (Wildman–Crippen LogP) is 3.17. The highest BCUT2D eigenvalue weighted by molar-refractivity contribution is 6.30. The van der Waals surface area contributed by atoms with Crippen LogP contribution in [0, 0.1) is 11.6 Å². The molecule has 0 radical (unpaired) electrons. The maximum atomic E-state index is 13.5. The molecule has 0 aliphatic carbocycles. The highest BCUT2D eigenvalue weighted by atomic mass is 35.5. The summed E-state index contributed by atoms with van der Waals surface area (Å²) in [7, 11) is 0. The van der Waals surface area contributed by atoms with E-state index in [1.807, 2.05) is 0 Å². The first-order valence-corrected chi connectivity index (χ1v) is 5.20. The molecular formula is C12H8ClF2NO. The zero-order valence-electron chi connectivity index (χ0n) is 8.62. The van der Waals surface area contributed by atoms with E-state index in [1.54, 1.807) is 0 Å². The Hall–Kier alpha value is -1.52. The summed E-state index contributed by atoms with van der Waals surface area (Å²) in [6.07, 6.45) is 0.946. The van der Waals surface area contributed by atoms with Crippen LogP contribution in [0.1, 0.15) is 5.56 Å². The summed E-state index contributed by atoms with van der Waals surface area (Å²) in [5.41, 5.74) is 0.469. The zero-order valence-corrected chi connectivity index (χ0v) is 9.38. The first-order valence-electron chi connectivity index (χ1n) is 4.82. The Kier molecular flexibility index (Phi) is 3.36. The quantitative estimate of drug-likeness (QED) is 0.894. The van der Waals surface area contributed by atoms with Gasteiger partial charge in [0.15, 0.2) is 0 Å². The van der Waals surface area contributed by atoms with E-state index in [-0.39, 0.29) is 16.8 Å². The number of nitrogens with zero attached hydrogens (tertiary/aromatic N) is 1. The van der Waals surface area contributed by atoms with Gasteiger partial charge >= 0.3 is 0 Å². The second-order valence-electron chi connectivity index (χ2n) is 3.44. The van der Waals surface area contributed by atoms with Crippen LogP contribution in [-0.4, -0.2) is 10.1 Å². The molecule has 1 aromatic heterocycles. The predicted molar refractivity (Wildman–Crippen MR) is 60.5 cm³/mol. The molecule has 0 unspecified atom stereocenters. The summed E-state index contributed by atoms with van der Waals surface area (Å²) in [5.74, 6) is -1.13. The summed E-state index contributed by atoms with van der Waals surface area (Å²) >= 11 is 5.75. The van der Waals surface area contributed by atoms with Crippen LogP contribution in [0.15, 0.2) is 30.5 Å². The molecule has 0 saturated carbocycles. The van der Waals surface area contributed by atoms with Crippen molar-refractivity contribution < 1.29 is 13.9 Å². The van der Waals surface area contributed by atoms with Crippen molar-refractivity contribution in [3.05, 3.63) is 52.7 Å². The molecule has 0 spiro atoms. The molecule has 2 aromatic rings. The fourth-order valence-electron chi connectivity index (χ4n) is 1.44. The van der Waals surface area contributed by atoms with Crippen LogP contribution in [0.4, 0.5) is 8.78 Å². The molecule has 0 bridgehead atoms. The summed E-state index contributed by atoms with van der Waals surface area (Å²) < 4.78 is 26.7. The molecule has 2 rings (SSSR count). The monoisotopic (exact) mass is 255 g/mol. The Labute approximate surface area is 102 Å². The molecule has 0 fully saturated rings. The van der Waals surface area contributed by atoms with Crippen molar-refractivity contribution in [2.24, 2.45) is 0 Å². The largest absolute Gasteiger partial charge is 0.392 e. The molecule has 1 heterocycles. The average Bonchev–Trinajstić information content (AvgIpc) is 2.33. The van der Waals surface area contributed by atoms with Gasteiger partial charge in [0.05, 0.1) is 18.5 Å². The molecule has 0 atom stereocenters. The van der Waals surface area contributed by atoms with Crippen molar-refractivity contribution in [2.45, 2.75) is 6.61 Å². The topological polar surface area (TPSA) is 33.1 Å². The van der Waals surface area contributed by atoms with Crippen LogP contribution < -0.4 is 0 Å². The minimum absolute atomic E-state index is 0.0642. The lowest BCUT2D eigenvalue weighted by Crippen LogP contribution is -1.95. The number of hydrogen-bond donors (Lipinski definition) is 1. The van der Waals surface area contributed by atoms with Gasteiger partial charge in [-0.05, 0) is 24.3 Å². The normalized spacial score (nSPS) is 10.6. The summed E-state index contributed by atoms with van der Waals surface area (Å²) in [6, 6.07) is 5.32. The van der Waals surface area contributed by atoms with Gasteiger partial charge in [0.25, 0.3) is 0 Å². The Balaban J connectivity index is 2.56. The third kappa shape index (κ3) is 2.43. The van der Waals surface area contributed by atoms with Crippen molar-refractivity contribution in [3.63, 3.8) is 0 Å². The van der Waals surface area contributed by atoms with Gasteiger partial charge in [-0.25, -0.2) is 8.78 Å². The van der Waals surface area contributed by atoms with E-state index in [0.717, 1.165) is 6.20 Å². The van der Waals surface area contributed by atoms with E-state index in [1.165, 1.54) is 24.3 Å². The van der Waals surface area contributed by atoms with E-state index in [9.17, 15) is 8.78 Å². The number of aromatic nitrogens is 1. The van der Waals surface area contributed by atoms with E-state index >= 15 is 0 Å². The fraction of sp³-hybridized carbons (Fsp3) is 0.0833. The maximum Gasteiger partial charge on any atom is 0.147 e. The minimum atomic E-state index is -0.626. The van der Waals surface area contributed by atoms with Gasteiger partial charge in [0.2, 0.25) is 0 Å². The Morgan fingerprint density at radius 3 is 2.65 bits per heavy atom. The van der Waals surface area contributed by atoms with Crippen molar-refractivity contribution >= 4 is 11.6 Å². The highest BCUT2D eigenvalue weighted by Crippen LogP contribution is 2.25. The lowest BCUT2D eigenvalue weighted by molar-refractivity contribution is 0.275. The van der Waals surface area contributed by atoms with Gasteiger partial charge < -0.3 is 5.11 Å². The van der Waals surface area contributed by atoms with Gasteiger partial charge in [-0.3, -0.25) is 4.98 Å². The van der Waals surface area contributed by atoms with Crippen molar-refractivity contribution in [3.8, 4) is 11.3 Å². The smallest absolute Gasteiger partial charge is 0.147 e. The molecule has 1 N–H and O–H groups in total. The minimum Gasteiger partial charge on any atom is -0.392 e. The molecule has 0 saturated heterocycles. The molecule has 2 nitrogen and oxygen atoms in total. The third-order valence-electron chi connectivity index (χ3n) is 2.31. The fourth-order valence-corrected chi connectivity index (χ4v) is 1.61. The summed E-state index contributed by atoms with van der Waals surface area (Å²) in [5, 5.41) is 9.29. The van der Waals surface area contributed by atoms with Gasteiger partial charge in [-0.15, -0.1) is 0 Å². The number of rotatable bonds is 2. The van der Waals surface area contributed by atoms with Crippen LogP contribution in [0.3, 0.4) is 0 Å². The molecular weight excluding hydrogens is 248 g/mol. The number of halogens is 3. The number of pyridine rings is 1. The highest BCUT2D eigenvalue weighted by Gasteiger charge is 2.10. The summed E-state index contributed by atoms with van der Waals surface area (Å²) in [4.78, 5) is 3.77. The van der Waals surface area contributed by atoms with Gasteiger partial charge in [0, 0.05) is 16.1 Å². The molecule has 5 heteroatoms. The van der Waals surface area contributed by atoms with E-state index in [0.29, 0.717) is 5.02 Å². The van der Waals surface area contributed by atoms with Crippen LogP contribution in [0.5, 0.6) is 0 Å². The van der Waals surface area contributed by atoms with E-state index in [4.69, 9.17) is 16.7 Å². The van der Waals surface area contributed by atoms with Crippen LogP contribution in [-0.2, 0) is 6.61 Å². The first kappa shape index (κ1) is 12.0. The van der Waals surface area contributed by atoms with Gasteiger partial charge in [-0.1, -0.05) is 11.6 Å². The number of aliphatic hydroxyl groups excluding tert-OH is 1. The maximum absolute atomic E-state index is 13.5. The van der Waals surface area contributed by atoms with Gasteiger partial charge in [0.1, 0.15) is 11.6 Å². The Bertz CT molecular complexity index is 560. The Morgan fingerprint density at radius 1 is 1.18 bits per heavy atom. The number of hydrogen-bond acceptors (Lipinski definition) is 2. The molecule has 88 valence electrons. The van der Waals surface area contributed by atoms with Crippen LogP contribution in [0.2, 0.25) is 5.02 Å². The number of benzene rings is 1. The zero-order chi connectivity index (χ0) is 12.4. The van der Waals surface area contributed by atoms with Crippen molar-refractivity contribution in [1.82, 2.24) is 4.98 Å². The molecule has 0 aliphatic heterocycles. The van der Waals surface area contributed by atoms with Crippen LogP contribution >= 0.6 is 11.6 Å². The number of aliphatic hydroxyl groups is 1. The second kappa shape index (κ2) is 4.77. The Morgan fingerprint density at radius 2 is 1.94 bits per heavy atom. The third-order valence-corrected chi connectivity index (χ3v) is 2.54. The molecule has 1 aromatic carbocycles. The first-order chi connectivity index (χ1) is 8.11. The molecule has 0 amide bonds. The van der Waals surface area contributed by atoms with E-state index < -0.39 is 18.2 Å². The standard InChI is InChI=1S/C12H8ClF2NO/c13-8-1-2-10(14)9(4-8)12-3-7(6-17)11(15)5-16-12/h1-5,17H,6H2. The molecule has 0 aliphatic rings. The second-order valence-corrected chi connectivity index (χ2v) is 3.88. The lowest BCUT2D eigenvalue weighted by atomic mass is 10.1. The van der Waals surface area contributed by atoms with E-state index in [2.05, 4.69) is 4.98 Å². The van der Waals surface area contributed by atoms with Gasteiger partial charge in [-0.2, -0.15) is 0 Å². The van der Waals surface area contributed by atoms with Crippen LogP contribution in [0.25, 0.3) is 11.3 Å². The SMILES string of the molecule is OCc1cc(-c2cc(Cl)ccc2F)ncc1F. The average molecular weight is 256 g/mol. The lowest BCUT2D eigenvalue weighted by Gasteiger charge is -2.05. The summed E-state index contributed by atoms with van der Waals surface area (Å²) in [6.45, 7) is -0.469. The van der Waals surface area contributed by atoms with Crippen molar-refractivity contribution in [1.29, 1.82) is 0 Å². The van der Waals surface area contributed by atoms with Crippen molar-refractivity contribution in [2.75, 3.05) is 0 Å². The molecule has 17 heavy (non-hydrogen) atoms.